The van der Waals surface area contributed by atoms with Crippen molar-refractivity contribution in [2.75, 3.05) is 4.90 Å². The first kappa shape index (κ1) is 28.9. The molecule has 1 aromatic heterocycles. The molecular weight excluding hydrogens is 635 g/mol. The summed E-state index contributed by atoms with van der Waals surface area (Å²) in [4.78, 5) is 2.29. The number of rotatable bonds is 4. The summed E-state index contributed by atoms with van der Waals surface area (Å²) in [6.07, 6.45) is 0. The maximum atomic E-state index is 6.51. The van der Waals surface area contributed by atoms with Gasteiger partial charge in [-0.25, -0.2) is 0 Å². The van der Waals surface area contributed by atoms with E-state index in [4.69, 9.17) is 9.15 Å². The van der Waals surface area contributed by atoms with Crippen LogP contribution in [0.4, 0.5) is 17.1 Å². The van der Waals surface area contributed by atoms with Crippen molar-refractivity contribution in [1.29, 1.82) is 0 Å². The summed E-state index contributed by atoms with van der Waals surface area (Å²) < 4.78 is 13.0. The van der Waals surface area contributed by atoms with Gasteiger partial charge in [0, 0.05) is 33.3 Å². The van der Waals surface area contributed by atoms with Crippen LogP contribution in [-0.2, 0) is 5.41 Å². The van der Waals surface area contributed by atoms with Gasteiger partial charge in [0.1, 0.15) is 17.1 Å². The van der Waals surface area contributed by atoms with E-state index in [1.807, 2.05) is 12.1 Å². The molecule has 244 valence electrons. The van der Waals surface area contributed by atoms with E-state index >= 15 is 0 Å². The number of furan rings is 1. The second kappa shape index (κ2) is 11.1. The predicted octanol–water partition coefficient (Wildman–Crippen LogP) is 13.2. The van der Waals surface area contributed by atoms with Crippen molar-refractivity contribution < 1.29 is 9.15 Å². The zero-order valence-electron chi connectivity index (χ0n) is 28.2. The van der Waals surface area contributed by atoms with Crippen LogP contribution in [0.15, 0.2) is 192 Å². The third kappa shape index (κ3) is 4.02. The standard InChI is InChI=1S/C49H31NO2/c1-2-13-34(14-3-1)50(44-21-12-17-38-37-16-5-9-22-45(37)52-48(38)44)35-28-25-32(26-29-35)33-27-30-41-39(31-33)36-15-4-6-18-40(36)49(41)42-19-7-10-23-46(42)51-47-24-11-8-20-43(47)49/h1-31H. The molecule has 0 fully saturated rings. The topological polar surface area (TPSA) is 25.6 Å². The van der Waals surface area contributed by atoms with Gasteiger partial charge in [0.2, 0.25) is 0 Å². The number of anilines is 3. The highest BCUT2D eigenvalue weighted by atomic mass is 16.5. The van der Waals surface area contributed by atoms with Gasteiger partial charge < -0.3 is 14.1 Å². The molecule has 11 rings (SSSR count). The molecule has 2 aliphatic rings. The lowest BCUT2D eigenvalue weighted by Crippen LogP contribution is -2.32. The monoisotopic (exact) mass is 665 g/mol. The quantitative estimate of drug-likeness (QED) is 0.187. The Balaban J connectivity index is 1.05. The van der Waals surface area contributed by atoms with E-state index in [-0.39, 0.29) is 0 Å². The molecular formula is C49H31NO2. The zero-order chi connectivity index (χ0) is 34.2. The van der Waals surface area contributed by atoms with E-state index in [2.05, 4.69) is 181 Å². The molecule has 9 aromatic rings. The minimum absolute atomic E-state index is 0.465. The Morgan fingerprint density at radius 2 is 1.00 bits per heavy atom. The van der Waals surface area contributed by atoms with Gasteiger partial charge in [-0.15, -0.1) is 0 Å². The van der Waals surface area contributed by atoms with Crippen LogP contribution in [0, 0.1) is 0 Å². The van der Waals surface area contributed by atoms with Gasteiger partial charge >= 0.3 is 0 Å². The van der Waals surface area contributed by atoms with Crippen LogP contribution >= 0.6 is 0 Å². The Bertz CT molecular complexity index is 2790. The highest BCUT2D eigenvalue weighted by Crippen LogP contribution is 2.62. The van der Waals surface area contributed by atoms with Crippen molar-refractivity contribution in [3.05, 3.63) is 210 Å². The molecule has 2 heterocycles. The van der Waals surface area contributed by atoms with Crippen molar-refractivity contribution in [2.24, 2.45) is 0 Å². The Labute approximate surface area is 301 Å². The van der Waals surface area contributed by atoms with Crippen LogP contribution in [0.25, 0.3) is 44.2 Å². The number of benzene rings is 8. The highest BCUT2D eigenvalue weighted by molar-refractivity contribution is 6.10. The molecule has 52 heavy (non-hydrogen) atoms. The number of para-hydroxylation sites is 5. The van der Waals surface area contributed by atoms with E-state index in [9.17, 15) is 0 Å². The number of ether oxygens (including phenoxy) is 1. The fourth-order valence-electron chi connectivity index (χ4n) is 8.75. The molecule has 0 atom stereocenters. The lowest BCUT2D eigenvalue weighted by Gasteiger charge is -2.39. The predicted molar refractivity (Wildman–Crippen MR) is 211 cm³/mol. The Morgan fingerprint density at radius 1 is 0.404 bits per heavy atom. The molecule has 0 saturated heterocycles. The van der Waals surface area contributed by atoms with Crippen LogP contribution in [-0.4, -0.2) is 0 Å². The SMILES string of the molecule is c1ccc(N(c2ccc(-c3ccc4c(c3)-c3ccccc3C43c4ccccc4Oc4ccccc43)cc2)c2cccc3c2oc2ccccc23)cc1. The summed E-state index contributed by atoms with van der Waals surface area (Å²) in [5, 5.41) is 2.23. The smallest absolute Gasteiger partial charge is 0.159 e. The van der Waals surface area contributed by atoms with Crippen molar-refractivity contribution >= 4 is 39.0 Å². The molecule has 1 aliphatic carbocycles. The first-order valence-corrected chi connectivity index (χ1v) is 17.8. The van der Waals surface area contributed by atoms with Gasteiger partial charge in [-0.3, -0.25) is 0 Å². The van der Waals surface area contributed by atoms with E-state index in [1.54, 1.807) is 0 Å². The normalized spacial score (nSPS) is 13.3. The lowest BCUT2D eigenvalue weighted by molar-refractivity contribution is 0.436. The average Bonchev–Trinajstić information content (AvgIpc) is 3.73. The molecule has 1 aliphatic heterocycles. The van der Waals surface area contributed by atoms with Crippen LogP contribution in [0.1, 0.15) is 22.3 Å². The summed E-state index contributed by atoms with van der Waals surface area (Å²) in [7, 11) is 0. The average molecular weight is 666 g/mol. The van der Waals surface area contributed by atoms with Crippen molar-refractivity contribution in [3.63, 3.8) is 0 Å². The van der Waals surface area contributed by atoms with E-state index < -0.39 is 5.41 Å². The lowest BCUT2D eigenvalue weighted by atomic mass is 9.66. The molecule has 3 nitrogen and oxygen atoms in total. The van der Waals surface area contributed by atoms with Crippen molar-refractivity contribution in [2.45, 2.75) is 5.41 Å². The van der Waals surface area contributed by atoms with Gasteiger partial charge in [0.15, 0.2) is 5.58 Å². The Hall–Kier alpha value is -6.84. The highest BCUT2D eigenvalue weighted by Gasteiger charge is 2.50. The third-order valence-corrected chi connectivity index (χ3v) is 10.9. The first-order chi connectivity index (χ1) is 25.8. The summed E-state index contributed by atoms with van der Waals surface area (Å²) >= 11 is 0. The molecule has 1 spiro atoms. The summed E-state index contributed by atoms with van der Waals surface area (Å²) in [6, 6.07) is 67.0. The summed E-state index contributed by atoms with van der Waals surface area (Å²) in [6.45, 7) is 0. The third-order valence-electron chi connectivity index (χ3n) is 10.9. The minimum Gasteiger partial charge on any atom is -0.457 e. The fourth-order valence-corrected chi connectivity index (χ4v) is 8.75. The summed E-state index contributed by atoms with van der Waals surface area (Å²) in [5.41, 5.74) is 14.2. The van der Waals surface area contributed by atoms with Gasteiger partial charge in [0.05, 0.1) is 11.1 Å². The van der Waals surface area contributed by atoms with Gasteiger partial charge in [-0.1, -0.05) is 133 Å². The Morgan fingerprint density at radius 3 is 1.79 bits per heavy atom. The number of hydrogen-bond acceptors (Lipinski definition) is 3. The molecule has 0 bridgehead atoms. The molecule has 0 amide bonds. The van der Waals surface area contributed by atoms with Crippen molar-refractivity contribution in [1.82, 2.24) is 0 Å². The van der Waals surface area contributed by atoms with Gasteiger partial charge in [-0.2, -0.15) is 0 Å². The van der Waals surface area contributed by atoms with Crippen LogP contribution in [0.5, 0.6) is 11.5 Å². The van der Waals surface area contributed by atoms with Gasteiger partial charge in [-0.05, 0) is 88.0 Å². The second-order valence-corrected chi connectivity index (χ2v) is 13.6. The minimum atomic E-state index is -0.465. The maximum Gasteiger partial charge on any atom is 0.159 e. The van der Waals surface area contributed by atoms with Crippen molar-refractivity contribution in [3.8, 4) is 33.8 Å². The molecule has 0 saturated carbocycles. The molecule has 3 heteroatoms. The Kier molecular flexibility index (Phi) is 6.17. The van der Waals surface area contributed by atoms with Crippen LogP contribution in [0.3, 0.4) is 0 Å². The van der Waals surface area contributed by atoms with E-state index in [0.717, 1.165) is 56.1 Å². The molecule has 8 aromatic carbocycles. The summed E-state index contributed by atoms with van der Waals surface area (Å²) in [5.74, 6) is 1.81. The largest absolute Gasteiger partial charge is 0.457 e. The maximum absolute atomic E-state index is 6.51. The van der Waals surface area contributed by atoms with Crippen LogP contribution in [0.2, 0.25) is 0 Å². The zero-order valence-corrected chi connectivity index (χ0v) is 28.2. The molecule has 0 radical (unpaired) electrons. The number of nitrogens with zero attached hydrogens (tertiary/aromatic N) is 1. The van der Waals surface area contributed by atoms with Crippen LogP contribution < -0.4 is 9.64 Å². The number of hydrogen-bond donors (Lipinski definition) is 0. The fraction of sp³-hybridized carbons (Fsp3) is 0.0204. The molecule has 0 N–H and O–H groups in total. The van der Waals surface area contributed by atoms with Gasteiger partial charge in [0.25, 0.3) is 0 Å². The second-order valence-electron chi connectivity index (χ2n) is 13.6. The van der Waals surface area contributed by atoms with E-state index in [0.29, 0.717) is 0 Å². The number of fused-ring (bicyclic) bond motifs is 12. The molecule has 0 unspecified atom stereocenters. The van der Waals surface area contributed by atoms with E-state index in [1.165, 1.54) is 38.9 Å². The first-order valence-electron chi connectivity index (χ1n) is 17.8.